The number of hydrogen-bond donors (Lipinski definition) is 1. The molecule has 0 radical (unpaired) electrons. The first-order chi connectivity index (χ1) is 11.9. The Morgan fingerprint density at radius 1 is 1.44 bits per heavy atom. The summed E-state index contributed by atoms with van der Waals surface area (Å²) >= 11 is 7.42. The second-order valence-corrected chi connectivity index (χ2v) is 7.08. The molecule has 1 fully saturated rings. The van der Waals surface area contributed by atoms with Crippen LogP contribution in [0.1, 0.15) is 25.8 Å². The molecule has 0 bridgehead atoms. The van der Waals surface area contributed by atoms with Gasteiger partial charge in [-0.15, -0.1) is 0 Å². The fraction of sp³-hybridized carbons (Fsp3) is 0.471. The Morgan fingerprint density at radius 3 is 2.76 bits per heavy atom. The Bertz CT molecular complexity index is 709. The summed E-state index contributed by atoms with van der Waals surface area (Å²) in [6, 6.07) is 3.41. The number of ether oxygens (including phenoxy) is 1. The molecule has 1 atom stereocenters. The highest BCUT2D eigenvalue weighted by atomic mass is 35.5. The number of halogens is 1. The first kappa shape index (κ1) is 19.6. The third kappa shape index (κ3) is 4.46. The van der Waals surface area contributed by atoms with Crippen LogP contribution in [0.3, 0.4) is 0 Å². The standard InChI is InChI=1S/C17H22ClN3O3S/c1-5-19-17-21(6-2)16(23)14(25-17)9-15(22)20-12-7-10(3)11(18)8-13(12)24-4/h7-8,14H,5-6,9H2,1-4H3,(H,20,22)/t14-/m0/s1. The summed E-state index contributed by atoms with van der Waals surface area (Å²) < 4.78 is 5.26. The number of aryl methyl sites for hydroxylation is 1. The van der Waals surface area contributed by atoms with Crippen molar-refractivity contribution in [1.29, 1.82) is 0 Å². The number of benzene rings is 1. The molecule has 0 aliphatic carbocycles. The minimum atomic E-state index is -0.454. The lowest BCUT2D eigenvalue weighted by atomic mass is 10.2. The number of carbonyl (C=O) groups is 2. The van der Waals surface area contributed by atoms with Crippen molar-refractivity contribution < 1.29 is 14.3 Å². The van der Waals surface area contributed by atoms with Gasteiger partial charge in [0.2, 0.25) is 11.8 Å². The van der Waals surface area contributed by atoms with E-state index in [2.05, 4.69) is 10.3 Å². The van der Waals surface area contributed by atoms with Crippen LogP contribution in [0.5, 0.6) is 5.75 Å². The van der Waals surface area contributed by atoms with Crippen molar-refractivity contribution in [1.82, 2.24) is 4.90 Å². The Morgan fingerprint density at radius 2 is 2.16 bits per heavy atom. The number of hydrogen-bond acceptors (Lipinski definition) is 5. The van der Waals surface area contributed by atoms with Crippen LogP contribution in [0.4, 0.5) is 5.69 Å². The SMILES string of the molecule is CCN=C1S[C@@H](CC(=O)Nc2cc(C)c(Cl)cc2OC)C(=O)N1CC. The van der Waals surface area contributed by atoms with Crippen LogP contribution >= 0.6 is 23.4 Å². The van der Waals surface area contributed by atoms with Gasteiger partial charge in [0, 0.05) is 30.6 Å². The van der Waals surface area contributed by atoms with E-state index in [1.54, 1.807) is 17.0 Å². The molecule has 1 aromatic carbocycles. The van der Waals surface area contributed by atoms with Crippen molar-refractivity contribution in [3.05, 3.63) is 22.7 Å². The Kier molecular flexibility index (Phi) is 6.72. The summed E-state index contributed by atoms with van der Waals surface area (Å²) in [5, 5.41) is 3.61. The van der Waals surface area contributed by atoms with E-state index >= 15 is 0 Å². The molecule has 0 unspecified atom stereocenters. The molecule has 0 aromatic heterocycles. The molecule has 1 aliphatic heterocycles. The number of methoxy groups -OCH3 is 1. The highest BCUT2D eigenvalue weighted by Crippen LogP contribution is 2.33. The molecule has 0 saturated carbocycles. The first-order valence-electron chi connectivity index (χ1n) is 8.07. The van der Waals surface area contributed by atoms with Crippen molar-refractivity contribution in [2.24, 2.45) is 4.99 Å². The maximum Gasteiger partial charge on any atom is 0.242 e. The van der Waals surface area contributed by atoms with E-state index in [4.69, 9.17) is 16.3 Å². The van der Waals surface area contributed by atoms with Crippen LogP contribution < -0.4 is 10.1 Å². The van der Waals surface area contributed by atoms with Crippen LogP contribution in [-0.4, -0.2) is 47.3 Å². The quantitative estimate of drug-likeness (QED) is 0.817. The molecule has 2 rings (SSSR count). The van der Waals surface area contributed by atoms with E-state index < -0.39 is 5.25 Å². The van der Waals surface area contributed by atoms with E-state index in [-0.39, 0.29) is 18.2 Å². The maximum atomic E-state index is 12.4. The van der Waals surface area contributed by atoms with Crippen LogP contribution in [0, 0.1) is 6.92 Å². The van der Waals surface area contributed by atoms with Crippen LogP contribution in [0.15, 0.2) is 17.1 Å². The Labute approximate surface area is 157 Å². The highest BCUT2D eigenvalue weighted by molar-refractivity contribution is 8.15. The number of aliphatic imine (C=N–C) groups is 1. The molecule has 8 heteroatoms. The lowest BCUT2D eigenvalue weighted by Crippen LogP contribution is -2.33. The van der Waals surface area contributed by atoms with Gasteiger partial charge in [-0.1, -0.05) is 23.4 Å². The summed E-state index contributed by atoms with van der Waals surface area (Å²) in [6.45, 7) is 6.81. The zero-order valence-electron chi connectivity index (χ0n) is 14.8. The molecule has 1 aromatic rings. The number of nitrogens with one attached hydrogen (secondary N) is 1. The van der Waals surface area contributed by atoms with Crippen LogP contribution in [0.2, 0.25) is 5.02 Å². The molecule has 2 amide bonds. The average molecular weight is 384 g/mol. The second-order valence-electron chi connectivity index (χ2n) is 5.50. The number of thioether (sulfide) groups is 1. The van der Waals surface area contributed by atoms with Gasteiger partial charge in [-0.05, 0) is 32.4 Å². The van der Waals surface area contributed by atoms with Crippen LogP contribution in [0.25, 0.3) is 0 Å². The van der Waals surface area contributed by atoms with Gasteiger partial charge in [0.15, 0.2) is 5.17 Å². The number of amidine groups is 1. The van der Waals surface area contributed by atoms with Gasteiger partial charge >= 0.3 is 0 Å². The van der Waals surface area contributed by atoms with E-state index in [0.717, 1.165) is 5.56 Å². The maximum absolute atomic E-state index is 12.4. The highest BCUT2D eigenvalue weighted by Gasteiger charge is 2.38. The van der Waals surface area contributed by atoms with Gasteiger partial charge in [0.25, 0.3) is 0 Å². The largest absolute Gasteiger partial charge is 0.495 e. The van der Waals surface area contributed by atoms with E-state index in [1.165, 1.54) is 18.9 Å². The first-order valence-corrected chi connectivity index (χ1v) is 9.33. The van der Waals surface area contributed by atoms with Gasteiger partial charge < -0.3 is 10.1 Å². The number of carbonyl (C=O) groups excluding carboxylic acids is 2. The lowest BCUT2D eigenvalue weighted by molar-refractivity contribution is -0.128. The molecule has 1 heterocycles. The number of rotatable bonds is 6. The summed E-state index contributed by atoms with van der Waals surface area (Å²) in [6.07, 6.45) is 0.0769. The predicted molar refractivity (Wildman–Crippen MR) is 103 cm³/mol. The van der Waals surface area contributed by atoms with Gasteiger partial charge in [-0.25, -0.2) is 0 Å². The van der Waals surface area contributed by atoms with Gasteiger partial charge in [-0.3, -0.25) is 19.5 Å². The topological polar surface area (TPSA) is 71.0 Å². The fourth-order valence-electron chi connectivity index (χ4n) is 2.49. The van der Waals surface area contributed by atoms with Crippen molar-refractivity contribution in [3.63, 3.8) is 0 Å². The monoisotopic (exact) mass is 383 g/mol. The van der Waals surface area contributed by atoms with Crippen molar-refractivity contribution in [2.45, 2.75) is 32.4 Å². The molecule has 136 valence electrons. The lowest BCUT2D eigenvalue weighted by Gasteiger charge is -2.14. The molecule has 0 spiro atoms. The molecule has 1 N–H and O–H groups in total. The third-order valence-corrected chi connectivity index (χ3v) is 5.38. The van der Waals surface area contributed by atoms with E-state index in [1.807, 2.05) is 20.8 Å². The molecular weight excluding hydrogens is 362 g/mol. The normalized spacial score (nSPS) is 18.8. The molecular formula is C17H22ClN3O3S. The van der Waals surface area contributed by atoms with Crippen molar-refractivity contribution in [3.8, 4) is 5.75 Å². The van der Waals surface area contributed by atoms with Crippen molar-refractivity contribution >= 4 is 46.0 Å². The summed E-state index contributed by atoms with van der Waals surface area (Å²) in [7, 11) is 1.51. The average Bonchev–Trinajstić information content (AvgIpc) is 2.86. The fourth-order valence-corrected chi connectivity index (χ4v) is 3.91. The van der Waals surface area contributed by atoms with Gasteiger partial charge in [-0.2, -0.15) is 0 Å². The van der Waals surface area contributed by atoms with E-state index in [9.17, 15) is 9.59 Å². The Balaban J connectivity index is 2.10. The third-order valence-electron chi connectivity index (χ3n) is 3.76. The molecule has 1 aliphatic rings. The van der Waals surface area contributed by atoms with Crippen LogP contribution in [-0.2, 0) is 9.59 Å². The minimum absolute atomic E-state index is 0.0749. The summed E-state index contributed by atoms with van der Waals surface area (Å²) in [5.41, 5.74) is 1.37. The smallest absolute Gasteiger partial charge is 0.242 e. The summed E-state index contributed by atoms with van der Waals surface area (Å²) in [4.78, 5) is 30.8. The predicted octanol–water partition coefficient (Wildman–Crippen LogP) is 3.33. The number of amides is 2. The minimum Gasteiger partial charge on any atom is -0.495 e. The number of nitrogens with zero attached hydrogens (tertiary/aromatic N) is 2. The second kappa shape index (κ2) is 8.58. The van der Waals surface area contributed by atoms with Gasteiger partial charge in [0.1, 0.15) is 11.0 Å². The zero-order chi connectivity index (χ0) is 18.6. The van der Waals surface area contributed by atoms with E-state index in [0.29, 0.717) is 34.7 Å². The Hall–Kier alpha value is -1.73. The molecule has 6 nitrogen and oxygen atoms in total. The van der Waals surface area contributed by atoms with Crippen molar-refractivity contribution in [2.75, 3.05) is 25.5 Å². The zero-order valence-corrected chi connectivity index (χ0v) is 16.3. The van der Waals surface area contributed by atoms with Gasteiger partial charge in [0.05, 0.1) is 12.8 Å². The molecule has 25 heavy (non-hydrogen) atoms. The number of anilines is 1. The summed E-state index contributed by atoms with van der Waals surface area (Å²) in [5.74, 6) is 0.159. The molecule has 1 saturated heterocycles.